The van der Waals surface area contributed by atoms with Crippen molar-refractivity contribution in [2.75, 3.05) is 18.5 Å². The molecule has 0 bridgehead atoms. The van der Waals surface area contributed by atoms with Crippen LogP contribution in [0.1, 0.15) is 42.1 Å². The number of unbranched alkanes of at least 4 members (excludes halogenated alkanes) is 1. The van der Waals surface area contributed by atoms with Crippen molar-refractivity contribution < 1.29 is 23.1 Å². The summed E-state index contributed by atoms with van der Waals surface area (Å²) in [5, 5.41) is 9.50. The van der Waals surface area contributed by atoms with Gasteiger partial charge in [0, 0.05) is 37.0 Å². The van der Waals surface area contributed by atoms with E-state index in [1.165, 1.54) is 4.31 Å². The van der Waals surface area contributed by atoms with Gasteiger partial charge in [-0.25, -0.2) is 13.2 Å². The molecule has 7 nitrogen and oxygen atoms in total. The van der Waals surface area contributed by atoms with E-state index in [2.05, 4.69) is 11.8 Å². The average Bonchev–Trinajstić information content (AvgIpc) is 2.94. The molecule has 182 valence electrons. The number of hydrogen-bond donors (Lipinski definition) is 1. The first-order valence-electron chi connectivity index (χ1n) is 11.8. The van der Waals surface area contributed by atoms with Crippen molar-refractivity contribution in [2.24, 2.45) is 0 Å². The molecule has 0 radical (unpaired) electrons. The highest BCUT2D eigenvalue weighted by Crippen LogP contribution is 2.46. The van der Waals surface area contributed by atoms with Gasteiger partial charge >= 0.3 is 5.97 Å². The lowest BCUT2D eigenvalue weighted by atomic mass is 9.94. The number of para-hydroxylation sites is 1. The minimum atomic E-state index is -3.82. The van der Waals surface area contributed by atoms with Crippen molar-refractivity contribution in [3.05, 3.63) is 71.8 Å². The molecule has 0 spiro atoms. The Bertz CT molecular complexity index is 1390. The van der Waals surface area contributed by atoms with Crippen LogP contribution in [0.25, 0.3) is 11.1 Å². The molecule has 3 aromatic rings. The number of nitrogens with zero attached hydrogens (tertiary/aromatic N) is 2. The molecule has 35 heavy (non-hydrogen) atoms. The minimum Gasteiger partial charge on any atom is -0.488 e. The Hall–Kier alpha value is -3.36. The molecule has 0 saturated carbocycles. The molecule has 0 aromatic heterocycles. The van der Waals surface area contributed by atoms with Crippen LogP contribution in [0.2, 0.25) is 0 Å². The Morgan fingerprint density at radius 1 is 1.09 bits per heavy atom. The summed E-state index contributed by atoms with van der Waals surface area (Å²) >= 11 is 0. The number of benzene rings is 3. The Labute approximate surface area is 205 Å². The molecule has 0 aliphatic carbocycles. The molecule has 0 saturated heterocycles. The van der Waals surface area contributed by atoms with Gasteiger partial charge in [-0.1, -0.05) is 44.0 Å². The van der Waals surface area contributed by atoms with Gasteiger partial charge in [0.15, 0.2) is 0 Å². The number of rotatable bonds is 5. The summed E-state index contributed by atoms with van der Waals surface area (Å²) in [4.78, 5) is 13.9. The molecule has 1 unspecified atom stereocenters. The van der Waals surface area contributed by atoms with Crippen LogP contribution in [-0.4, -0.2) is 43.4 Å². The fourth-order valence-corrected chi connectivity index (χ4v) is 6.45. The van der Waals surface area contributed by atoms with Gasteiger partial charge in [0.1, 0.15) is 17.3 Å². The highest BCUT2D eigenvalue weighted by Gasteiger charge is 2.38. The van der Waals surface area contributed by atoms with Crippen LogP contribution < -0.4 is 9.64 Å². The van der Waals surface area contributed by atoms with E-state index in [1.54, 1.807) is 37.4 Å². The van der Waals surface area contributed by atoms with Gasteiger partial charge < -0.3 is 14.7 Å². The van der Waals surface area contributed by atoms with Gasteiger partial charge in [0.25, 0.3) is 0 Å². The molecular formula is C27H28N2O5S. The van der Waals surface area contributed by atoms with Crippen LogP contribution >= 0.6 is 0 Å². The summed E-state index contributed by atoms with van der Waals surface area (Å²) in [6, 6.07) is 17.9. The van der Waals surface area contributed by atoms with Crippen molar-refractivity contribution in [3.8, 4) is 16.9 Å². The predicted octanol–water partition coefficient (Wildman–Crippen LogP) is 5.28. The first-order valence-corrected chi connectivity index (χ1v) is 13.2. The number of likely N-dealkylation sites (N-methyl/N-ethyl adjacent to an activating group) is 1. The lowest BCUT2D eigenvalue weighted by Gasteiger charge is -2.30. The number of anilines is 2. The summed E-state index contributed by atoms with van der Waals surface area (Å²) in [5.74, 6) is -0.485. The fraction of sp³-hybridized carbons (Fsp3) is 0.296. The van der Waals surface area contributed by atoms with Gasteiger partial charge in [0.2, 0.25) is 10.0 Å². The van der Waals surface area contributed by atoms with E-state index in [1.807, 2.05) is 30.3 Å². The zero-order valence-corrected chi connectivity index (χ0v) is 20.6. The molecule has 5 rings (SSSR count). The first kappa shape index (κ1) is 23.4. The third-order valence-electron chi connectivity index (χ3n) is 6.91. The van der Waals surface area contributed by atoms with E-state index in [-0.39, 0.29) is 23.1 Å². The molecule has 1 atom stereocenters. The van der Waals surface area contributed by atoms with Gasteiger partial charge in [-0.3, -0.25) is 0 Å². The van der Waals surface area contributed by atoms with E-state index in [0.29, 0.717) is 29.1 Å². The van der Waals surface area contributed by atoms with Crippen LogP contribution in [-0.2, 0) is 16.6 Å². The Morgan fingerprint density at radius 2 is 1.86 bits per heavy atom. The number of carboxylic acids is 1. The largest absolute Gasteiger partial charge is 0.488 e. The summed E-state index contributed by atoms with van der Waals surface area (Å²) in [5.41, 5.74) is 3.72. The van der Waals surface area contributed by atoms with Crippen LogP contribution in [0.4, 0.5) is 11.4 Å². The lowest BCUT2D eigenvalue weighted by Crippen LogP contribution is -2.40. The van der Waals surface area contributed by atoms with Crippen molar-refractivity contribution in [3.63, 3.8) is 0 Å². The highest BCUT2D eigenvalue weighted by atomic mass is 32.2. The van der Waals surface area contributed by atoms with E-state index in [4.69, 9.17) is 4.74 Å². The SMILES string of the molecule is CCCCC1CN(c2ccccc2)c2cc3c(cc2S(=O)(=O)N1C)-c1cc(C(=O)O)ccc1CO3. The molecule has 2 heterocycles. The zero-order valence-electron chi connectivity index (χ0n) is 19.8. The van der Waals surface area contributed by atoms with Crippen molar-refractivity contribution in [1.29, 1.82) is 0 Å². The van der Waals surface area contributed by atoms with Crippen LogP contribution in [0, 0.1) is 0 Å². The van der Waals surface area contributed by atoms with Crippen LogP contribution in [0.15, 0.2) is 65.6 Å². The first-order chi connectivity index (χ1) is 16.8. The maximum absolute atomic E-state index is 13.9. The number of aromatic carboxylic acids is 1. The van der Waals surface area contributed by atoms with E-state index >= 15 is 0 Å². The van der Waals surface area contributed by atoms with Crippen molar-refractivity contribution >= 4 is 27.4 Å². The highest BCUT2D eigenvalue weighted by molar-refractivity contribution is 7.89. The number of hydrogen-bond acceptors (Lipinski definition) is 5. The van der Waals surface area contributed by atoms with E-state index < -0.39 is 16.0 Å². The summed E-state index contributed by atoms with van der Waals surface area (Å²) < 4.78 is 35.4. The second-order valence-electron chi connectivity index (χ2n) is 9.05. The molecule has 0 fully saturated rings. The van der Waals surface area contributed by atoms with Crippen molar-refractivity contribution in [1.82, 2.24) is 4.31 Å². The summed E-state index contributed by atoms with van der Waals surface area (Å²) in [6.07, 6.45) is 2.66. The molecule has 0 amide bonds. The normalized spacial score (nSPS) is 18.6. The van der Waals surface area contributed by atoms with Crippen LogP contribution in [0.3, 0.4) is 0 Å². The summed E-state index contributed by atoms with van der Waals surface area (Å²) in [6.45, 7) is 2.91. The fourth-order valence-electron chi connectivity index (χ4n) is 4.88. The van der Waals surface area contributed by atoms with E-state index in [9.17, 15) is 18.3 Å². The Balaban J connectivity index is 1.74. The van der Waals surface area contributed by atoms with Gasteiger partial charge in [-0.2, -0.15) is 4.31 Å². The van der Waals surface area contributed by atoms with E-state index in [0.717, 1.165) is 30.5 Å². The third kappa shape index (κ3) is 4.06. The van der Waals surface area contributed by atoms with Gasteiger partial charge in [-0.15, -0.1) is 0 Å². The minimum absolute atomic E-state index is 0.150. The quantitative estimate of drug-likeness (QED) is 0.522. The summed E-state index contributed by atoms with van der Waals surface area (Å²) in [7, 11) is -2.17. The maximum atomic E-state index is 13.9. The molecule has 2 aliphatic rings. The second-order valence-corrected chi connectivity index (χ2v) is 11.0. The molecule has 3 aromatic carbocycles. The molecule has 2 aliphatic heterocycles. The van der Waals surface area contributed by atoms with Gasteiger partial charge in [0.05, 0.1) is 11.3 Å². The number of fused-ring (bicyclic) bond motifs is 4. The number of sulfonamides is 1. The molecule has 1 N–H and O–H groups in total. The number of ether oxygens (including phenoxy) is 1. The molecular weight excluding hydrogens is 464 g/mol. The predicted molar refractivity (Wildman–Crippen MR) is 135 cm³/mol. The average molecular weight is 493 g/mol. The Kier molecular flexibility index (Phi) is 6.02. The number of carbonyl (C=O) groups is 1. The standard InChI is InChI=1S/C27H28N2O5S/c1-3-4-8-21-16-29(20-9-6-5-7-10-20)24-15-25-23(14-26(24)35(32,33)28(21)2)22-13-18(27(30)31)11-12-19(22)17-34-25/h5-7,9-15,21H,3-4,8,16-17H2,1-2H3,(H,30,31). The zero-order chi connectivity index (χ0) is 24.7. The lowest BCUT2D eigenvalue weighted by molar-refractivity contribution is 0.0697. The molecule has 8 heteroatoms. The Morgan fingerprint density at radius 3 is 2.57 bits per heavy atom. The monoisotopic (exact) mass is 492 g/mol. The van der Waals surface area contributed by atoms with Gasteiger partial charge in [-0.05, 0) is 47.9 Å². The third-order valence-corrected chi connectivity index (χ3v) is 8.84. The maximum Gasteiger partial charge on any atom is 0.335 e. The van der Waals surface area contributed by atoms with Crippen LogP contribution in [0.5, 0.6) is 5.75 Å². The second kappa shape index (κ2) is 9.02. The number of carboxylic acid groups (broad SMARTS) is 1. The van der Waals surface area contributed by atoms with Crippen molar-refractivity contribution in [2.45, 2.75) is 43.7 Å². The smallest absolute Gasteiger partial charge is 0.335 e. The topological polar surface area (TPSA) is 87.2 Å².